The van der Waals surface area contributed by atoms with Crippen molar-refractivity contribution in [2.75, 3.05) is 7.05 Å². The first-order chi connectivity index (χ1) is 13.8. The van der Waals surface area contributed by atoms with Crippen LogP contribution in [0.25, 0.3) is 17.1 Å². The summed E-state index contributed by atoms with van der Waals surface area (Å²) in [6, 6.07) is 14.4. The van der Waals surface area contributed by atoms with E-state index in [2.05, 4.69) is 10.1 Å². The van der Waals surface area contributed by atoms with Crippen molar-refractivity contribution in [3.05, 3.63) is 77.8 Å². The van der Waals surface area contributed by atoms with E-state index in [1.807, 2.05) is 30.3 Å². The smallest absolute Gasteiger partial charge is 0.433 e. The minimum Gasteiger partial charge on any atom is -0.463 e. The van der Waals surface area contributed by atoms with Crippen LogP contribution in [0.2, 0.25) is 0 Å². The fourth-order valence-corrected chi connectivity index (χ4v) is 2.96. The van der Waals surface area contributed by atoms with Crippen molar-refractivity contribution in [2.45, 2.75) is 12.7 Å². The average molecular weight is 400 g/mol. The highest BCUT2D eigenvalue weighted by Gasteiger charge is 2.36. The van der Waals surface area contributed by atoms with Crippen molar-refractivity contribution in [3.63, 3.8) is 0 Å². The Bertz CT molecular complexity index is 1150. The summed E-state index contributed by atoms with van der Waals surface area (Å²) in [5.41, 5.74) is -0.368. The van der Waals surface area contributed by atoms with E-state index >= 15 is 0 Å². The third kappa shape index (κ3) is 3.71. The SMILES string of the molecule is CN(Cc1ccccc1)C(=O)c1cc2nc(-c3ccco3)cc(C(F)(F)F)n2n1. The molecule has 0 aliphatic carbocycles. The molecule has 1 aromatic carbocycles. The lowest BCUT2D eigenvalue weighted by molar-refractivity contribution is -0.142. The van der Waals surface area contributed by atoms with Gasteiger partial charge in [-0.15, -0.1) is 0 Å². The summed E-state index contributed by atoms with van der Waals surface area (Å²) < 4.78 is 46.5. The first-order valence-electron chi connectivity index (χ1n) is 8.64. The Kier molecular flexibility index (Phi) is 4.57. The van der Waals surface area contributed by atoms with Crippen LogP contribution in [0.3, 0.4) is 0 Å². The number of hydrogen-bond donors (Lipinski definition) is 0. The average Bonchev–Trinajstić information content (AvgIpc) is 3.36. The maximum atomic E-state index is 13.6. The maximum absolute atomic E-state index is 13.6. The molecule has 0 bridgehead atoms. The molecular weight excluding hydrogens is 385 g/mol. The first kappa shape index (κ1) is 18.7. The van der Waals surface area contributed by atoms with E-state index < -0.39 is 17.8 Å². The number of carbonyl (C=O) groups excluding carboxylic acids is 1. The van der Waals surface area contributed by atoms with Crippen LogP contribution in [0, 0.1) is 0 Å². The fourth-order valence-electron chi connectivity index (χ4n) is 2.96. The van der Waals surface area contributed by atoms with Crippen molar-refractivity contribution in [3.8, 4) is 11.5 Å². The molecule has 0 aliphatic rings. The minimum atomic E-state index is -4.69. The molecule has 0 unspecified atom stereocenters. The molecule has 6 nitrogen and oxygen atoms in total. The number of nitrogens with zero attached hydrogens (tertiary/aromatic N) is 4. The second kappa shape index (κ2) is 7.08. The highest BCUT2D eigenvalue weighted by Crippen LogP contribution is 2.32. The molecule has 29 heavy (non-hydrogen) atoms. The minimum absolute atomic E-state index is 0.00589. The largest absolute Gasteiger partial charge is 0.463 e. The van der Waals surface area contributed by atoms with Crippen molar-refractivity contribution in [1.29, 1.82) is 0 Å². The van der Waals surface area contributed by atoms with E-state index in [0.29, 0.717) is 11.1 Å². The second-order valence-electron chi connectivity index (χ2n) is 6.45. The van der Waals surface area contributed by atoms with Gasteiger partial charge in [0.25, 0.3) is 5.91 Å². The molecule has 4 rings (SSSR count). The molecule has 0 atom stereocenters. The Hall–Kier alpha value is -3.62. The van der Waals surface area contributed by atoms with Gasteiger partial charge < -0.3 is 9.32 Å². The molecule has 0 spiro atoms. The van der Waals surface area contributed by atoms with E-state index in [9.17, 15) is 18.0 Å². The fraction of sp³-hybridized carbons (Fsp3) is 0.150. The molecule has 4 aromatic rings. The Morgan fingerprint density at radius 3 is 2.55 bits per heavy atom. The number of halogens is 3. The van der Waals surface area contributed by atoms with Crippen molar-refractivity contribution in [1.82, 2.24) is 19.5 Å². The third-order valence-electron chi connectivity index (χ3n) is 4.32. The molecule has 0 saturated heterocycles. The number of alkyl halides is 3. The number of furan rings is 1. The van der Waals surface area contributed by atoms with E-state index in [-0.39, 0.29) is 22.8 Å². The van der Waals surface area contributed by atoms with Gasteiger partial charge in [-0.05, 0) is 23.8 Å². The normalized spacial score (nSPS) is 11.7. The van der Waals surface area contributed by atoms with Gasteiger partial charge in [-0.2, -0.15) is 18.3 Å². The molecule has 148 valence electrons. The van der Waals surface area contributed by atoms with Crippen LogP contribution in [-0.4, -0.2) is 32.5 Å². The Morgan fingerprint density at radius 2 is 1.90 bits per heavy atom. The number of carbonyl (C=O) groups is 1. The maximum Gasteiger partial charge on any atom is 0.433 e. The second-order valence-corrected chi connectivity index (χ2v) is 6.45. The van der Waals surface area contributed by atoms with Crippen LogP contribution in [0.15, 0.2) is 65.3 Å². The van der Waals surface area contributed by atoms with Crippen LogP contribution in [0.4, 0.5) is 13.2 Å². The van der Waals surface area contributed by atoms with Gasteiger partial charge in [-0.3, -0.25) is 4.79 Å². The lowest BCUT2D eigenvalue weighted by Crippen LogP contribution is -2.26. The van der Waals surface area contributed by atoms with Gasteiger partial charge in [0, 0.05) is 19.7 Å². The molecule has 3 heterocycles. The summed E-state index contributed by atoms with van der Waals surface area (Å²) in [5, 5.41) is 3.88. The van der Waals surface area contributed by atoms with Gasteiger partial charge in [0.05, 0.1) is 6.26 Å². The Morgan fingerprint density at radius 1 is 1.14 bits per heavy atom. The van der Waals surface area contributed by atoms with Gasteiger partial charge >= 0.3 is 6.18 Å². The summed E-state index contributed by atoms with van der Waals surface area (Å²) in [7, 11) is 1.56. The number of fused-ring (bicyclic) bond motifs is 1. The summed E-state index contributed by atoms with van der Waals surface area (Å²) in [5.74, 6) is -0.319. The van der Waals surface area contributed by atoms with E-state index in [1.165, 1.54) is 23.3 Å². The number of amides is 1. The molecule has 3 aromatic heterocycles. The lowest BCUT2D eigenvalue weighted by atomic mass is 10.2. The van der Waals surface area contributed by atoms with Gasteiger partial charge in [0.15, 0.2) is 22.8 Å². The standard InChI is InChI=1S/C20H15F3N4O2/c1-26(12-13-6-3-2-4-7-13)19(28)15-11-18-24-14(16-8-5-9-29-16)10-17(20(21,22)23)27(18)25-15/h2-11H,12H2,1H3. The van der Waals surface area contributed by atoms with Crippen LogP contribution in [-0.2, 0) is 12.7 Å². The van der Waals surface area contributed by atoms with Gasteiger partial charge in [-0.1, -0.05) is 30.3 Å². The highest BCUT2D eigenvalue weighted by atomic mass is 19.4. The first-order valence-corrected chi connectivity index (χ1v) is 8.64. The van der Waals surface area contributed by atoms with E-state index in [4.69, 9.17) is 4.42 Å². The van der Waals surface area contributed by atoms with Crippen LogP contribution >= 0.6 is 0 Å². The number of aromatic nitrogens is 3. The van der Waals surface area contributed by atoms with Crippen molar-refractivity contribution < 1.29 is 22.4 Å². The zero-order valence-electron chi connectivity index (χ0n) is 15.2. The lowest BCUT2D eigenvalue weighted by Gasteiger charge is -2.15. The third-order valence-corrected chi connectivity index (χ3v) is 4.32. The molecule has 0 aliphatic heterocycles. The molecule has 9 heteroatoms. The van der Waals surface area contributed by atoms with Crippen LogP contribution in [0.1, 0.15) is 21.7 Å². The number of rotatable bonds is 4. The van der Waals surface area contributed by atoms with E-state index in [1.54, 1.807) is 13.1 Å². The molecule has 0 N–H and O–H groups in total. The molecule has 0 radical (unpaired) electrons. The monoisotopic (exact) mass is 400 g/mol. The van der Waals surface area contributed by atoms with Crippen molar-refractivity contribution >= 4 is 11.6 Å². The summed E-state index contributed by atoms with van der Waals surface area (Å²) >= 11 is 0. The predicted octanol–water partition coefficient (Wildman–Crippen LogP) is 4.28. The van der Waals surface area contributed by atoms with Crippen molar-refractivity contribution in [2.24, 2.45) is 0 Å². The highest BCUT2D eigenvalue weighted by molar-refractivity contribution is 5.93. The Labute approximate surface area is 163 Å². The predicted molar refractivity (Wildman–Crippen MR) is 97.9 cm³/mol. The van der Waals surface area contributed by atoms with Crippen LogP contribution < -0.4 is 0 Å². The zero-order chi connectivity index (χ0) is 20.6. The van der Waals surface area contributed by atoms with Crippen LogP contribution in [0.5, 0.6) is 0 Å². The zero-order valence-corrected chi connectivity index (χ0v) is 15.2. The van der Waals surface area contributed by atoms with Gasteiger partial charge in [-0.25, -0.2) is 9.50 Å². The number of hydrogen-bond acceptors (Lipinski definition) is 4. The summed E-state index contributed by atoms with van der Waals surface area (Å²) in [6.07, 6.45) is -3.34. The topological polar surface area (TPSA) is 63.6 Å². The molecule has 0 saturated carbocycles. The molecular formula is C20H15F3N4O2. The van der Waals surface area contributed by atoms with Gasteiger partial charge in [0.2, 0.25) is 0 Å². The molecule has 0 fully saturated rings. The molecule has 1 amide bonds. The van der Waals surface area contributed by atoms with Gasteiger partial charge in [0.1, 0.15) is 5.69 Å². The summed E-state index contributed by atoms with van der Waals surface area (Å²) in [6.45, 7) is 0.296. The summed E-state index contributed by atoms with van der Waals surface area (Å²) in [4.78, 5) is 18.3. The number of benzene rings is 1. The Balaban J connectivity index is 1.74. The quantitative estimate of drug-likeness (QED) is 0.513. The van der Waals surface area contributed by atoms with E-state index in [0.717, 1.165) is 11.6 Å².